The highest BCUT2D eigenvalue weighted by atomic mass is 32.1. The standard InChI is InChI=1S/C13H12N2O2S/c14-6-8-11(16)10-7-4-2-1-3-5-9(7)18-13(10)15-12(8)17/h1-5H2,(H2,15,16,17). The van der Waals surface area contributed by atoms with Gasteiger partial charge < -0.3 is 10.1 Å². The van der Waals surface area contributed by atoms with Crippen molar-refractivity contribution < 1.29 is 5.11 Å². The van der Waals surface area contributed by atoms with E-state index >= 15 is 0 Å². The minimum Gasteiger partial charge on any atom is -0.506 e. The topological polar surface area (TPSA) is 76.9 Å². The fourth-order valence-electron chi connectivity index (χ4n) is 2.58. The largest absolute Gasteiger partial charge is 0.506 e. The Bertz CT molecular complexity index is 721. The molecule has 0 spiro atoms. The molecule has 0 aliphatic heterocycles. The van der Waals surface area contributed by atoms with E-state index in [2.05, 4.69) is 4.98 Å². The summed E-state index contributed by atoms with van der Waals surface area (Å²) in [4.78, 5) is 16.3. The highest BCUT2D eigenvalue weighted by Gasteiger charge is 2.21. The van der Waals surface area contributed by atoms with E-state index in [1.54, 1.807) is 6.07 Å². The van der Waals surface area contributed by atoms with Gasteiger partial charge in [0.15, 0.2) is 5.56 Å². The summed E-state index contributed by atoms with van der Waals surface area (Å²) in [5.41, 5.74) is 0.448. The second-order valence-corrected chi connectivity index (χ2v) is 5.66. The van der Waals surface area contributed by atoms with Crippen molar-refractivity contribution in [2.75, 3.05) is 0 Å². The first-order valence-electron chi connectivity index (χ1n) is 6.02. The number of aromatic hydroxyl groups is 1. The Morgan fingerprint density at radius 1 is 1.28 bits per heavy atom. The first-order chi connectivity index (χ1) is 8.72. The summed E-state index contributed by atoms with van der Waals surface area (Å²) in [5.74, 6) is -0.143. The molecule has 18 heavy (non-hydrogen) atoms. The molecule has 5 heteroatoms. The SMILES string of the molecule is N#Cc1c(O)c2c3c(sc2[nH]c1=O)CCCCC3. The summed E-state index contributed by atoms with van der Waals surface area (Å²) in [7, 11) is 0. The molecule has 92 valence electrons. The van der Waals surface area contributed by atoms with Crippen molar-refractivity contribution in [1.29, 1.82) is 5.26 Å². The van der Waals surface area contributed by atoms with Crippen LogP contribution < -0.4 is 5.56 Å². The first kappa shape index (κ1) is 11.3. The minimum atomic E-state index is -0.501. The lowest BCUT2D eigenvalue weighted by molar-refractivity contribution is 0.478. The number of nitriles is 1. The molecule has 0 bridgehead atoms. The Morgan fingerprint density at radius 2 is 2.06 bits per heavy atom. The van der Waals surface area contributed by atoms with Crippen LogP contribution in [0.3, 0.4) is 0 Å². The number of rotatable bonds is 0. The molecule has 2 heterocycles. The second kappa shape index (κ2) is 4.14. The van der Waals surface area contributed by atoms with E-state index in [1.807, 2.05) is 0 Å². The van der Waals surface area contributed by atoms with Crippen LogP contribution in [-0.2, 0) is 12.8 Å². The van der Waals surface area contributed by atoms with Crippen LogP contribution in [0.25, 0.3) is 10.2 Å². The molecule has 2 aromatic rings. The third kappa shape index (κ3) is 1.53. The van der Waals surface area contributed by atoms with Crippen LogP contribution in [0, 0.1) is 11.3 Å². The van der Waals surface area contributed by atoms with Gasteiger partial charge in [-0.15, -0.1) is 11.3 Å². The lowest BCUT2D eigenvalue weighted by Gasteiger charge is -2.01. The van der Waals surface area contributed by atoms with Crippen molar-refractivity contribution in [2.24, 2.45) is 0 Å². The predicted molar refractivity (Wildman–Crippen MR) is 70.1 cm³/mol. The van der Waals surface area contributed by atoms with Gasteiger partial charge in [0.05, 0.1) is 5.39 Å². The maximum atomic E-state index is 11.6. The van der Waals surface area contributed by atoms with Crippen LogP contribution in [0.5, 0.6) is 5.75 Å². The van der Waals surface area contributed by atoms with Crippen molar-refractivity contribution in [2.45, 2.75) is 32.1 Å². The second-order valence-electron chi connectivity index (χ2n) is 4.56. The summed E-state index contributed by atoms with van der Waals surface area (Å²) in [6, 6.07) is 1.78. The van der Waals surface area contributed by atoms with E-state index in [-0.39, 0.29) is 11.3 Å². The monoisotopic (exact) mass is 260 g/mol. The molecule has 1 aliphatic carbocycles. The fraction of sp³-hybridized carbons (Fsp3) is 0.385. The molecule has 0 saturated carbocycles. The van der Waals surface area contributed by atoms with Crippen LogP contribution in [0.1, 0.15) is 35.3 Å². The van der Waals surface area contributed by atoms with Gasteiger partial charge in [-0.2, -0.15) is 5.26 Å². The van der Waals surface area contributed by atoms with E-state index in [0.29, 0.717) is 10.2 Å². The zero-order valence-corrected chi connectivity index (χ0v) is 10.6. The molecule has 0 saturated heterocycles. The van der Waals surface area contributed by atoms with Crippen LogP contribution in [0.4, 0.5) is 0 Å². The number of nitrogens with one attached hydrogen (secondary N) is 1. The number of aryl methyl sites for hydroxylation is 2. The van der Waals surface area contributed by atoms with Crippen LogP contribution in [0.15, 0.2) is 4.79 Å². The normalized spacial score (nSPS) is 15.1. The van der Waals surface area contributed by atoms with Crippen molar-refractivity contribution >= 4 is 21.6 Å². The van der Waals surface area contributed by atoms with Gasteiger partial charge in [0.2, 0.25) is 0 Å². The molecule has 0 radical (unpaired) electrons. The third-order valence-electron chi connectivity index (χ3n) is 3.46. The number of pyridine rings is 1. The zero-order valence-electron chi connectivity index (χ0n) is 9.75. The Kier molecular flexibility index (Phi) is 2.60. The number of nitrogens with zero attached hydrogens (tertiary/aromatic N) is 1. The molecule has 1 aliphatic rings. The molecule has 0 aromatic carbocycles. The van der Waals surface area contributed by atoms with E-state index in [1.165, 1.54) is 22.6 Å². The fourth-order valence-corrected chi connectivity index (χ4v) is 3.87. The van der Waals surface area contributed by atoms with Gasteiger partial charge >= 0.3 is 0 Å². The molecule has 2 aromatic heterocycles. The Morgan fingerprint density at radius 3 is 2.83 bits per heavy atom. The van der Waals surface area contributed by atoms with Crippen molar-refractivity contribution in [1.82, 2.24) is 4.98 Å². The minimum absolute atomic E-state index is 0.143. The summed E-state index contributed by atoms with van der Waals surface area (Å²) in [5, 5.41) is 19.7. The molecule has 4 nitrogen and oxygen atoms in total. The molecule has 0 unspecified atom stereocenters. The third-order valence-corrected chi connectivity index (χ3v) is 4.67. The molecule has 0 fully saturated rings. The average molecular weight is 260 g/mol. The number of aromatic nitrogens is 1. The van der Waals surface area contributed by atoms with Gasteiger partial charge in [-0.25, -0.2) is 0 Å². The van der Waals surface area contributed by atoms with Crippen molar-refractivity contribution in [3.63, 3.8) is 0 Å². The molecular formula is C13H12N2O2S. The van der Waals surface area contributed by atoms with Gasteiger partial charge in [-0.3, -0.25) is 4.79 Å². The van der Waals surface area contributed by atoms with Gasteiger partial charge in [-0.05, 0) is 31.2 Å². The van der Waals surface area contributed by atoms with Crippen LogP contribution >= 0.6 is 11.3 Å². The van der Waals surface area contributed by atoms with Gasteiger partial charge in [-0.1, -0.05) is 6.42 Å². The molecular weight excluding hydrogens is 248 g/mol. The molecule has 0 atom stereocenters. The highest BCUT2D eigenvalue weighted by Crippen LogP contribution is 2.39. The highest BCUT2D eigenvalue weighted by molar-refractivity contribution is 7.18. The van der Waals surface area contributed by atoms with Gasteiger partial charge in [0, 0.05) is 4.88 Å². The zero-order chi connectivity index (χ0) is 12.7. The Hall–Kier alpha value is -1.80. The average Bonchev–Trinajstić information content (AvgIpc) is 2.53. The molecule has 0 amide bonds. The molecule has 2 N–H and O–H groups in total. The number of aromatic amines is 1. The molecule has 3 rings (SSSR count). The predicted octanol–water partition coefficient (Wildman–Crippen LogP) is 2.44. The Labute approximate surface area is 108 Å². The maximum absolute atomic E-state index is 11.6. The van der Waals surface area contributed by atoms with Crippen LogP contribution in [0.2, 0.25) is 0 Å². The maximum Gasteiger partial charge on any atom is 0.270 e. The summed E-state index contributed by atoms with van der Waals surface area (Å²) < 4.78 is 0. The number of hydrogen-bond donors (Lipinski definition) is 2. The van der Waals surface area contributed by atoms with E-state index in [4.69, 9.17) is 5.26 Å². The lowest BCUT2D eigenvalue weighted by Crippen LogP contribution is -2.09. The number of fused-ring (bicyclic) bond motifs is 3. The van der Waals surface area contributed by atoms with Crippen molar-refractivity contribution in [3.8, 4) is 11.8 Å². The number of H-pyrrole nitrogens is 1. The van der Waals surface area contributed by atoms with E-state index in [9.17, 15) is 9.90 Å². The van der Waals surface area contributed by atoms with Gasteiger partial charge in [0.1, 0.15) is 16.6 Å². The lowest BCUT2D eigenvalue weighted by atomic mass is 10.1. The number of thiophene rings is 1. The van der Waals surface area contributed by atoms with E-state index in [0.717, 1.165) is 31.2 Å². The number of hydrogen-bond acceptors (Lipinski definition) is 4. The van der Waals surface area contributed by atoms with Crippen LogP contribution in [-0.4, -0.2) is 10.1 Å². The quantitative estimate of drug-likeness (QED) is 0.714. The van der Waals surface area contributed by atoms with E-state index < -0.39 is 5.56 Å². The first-order valence-corrected chi connectivity index (χ1v) is 6.83. The van der Waals surface area contributed by atoms with Gasteiger partial charge in [0.25, 0.3) is 5.56 Å². The summed E-state index contributed by atoms with van der Waals surface area (Å²) in [6.45, 7) is 0. The summed E-state index contributed by atoms with van der Waals surface area (Å²) >= 11 is 1.54. The Balaban J connectivity index is 2.39. The van der Waals surface area contributed by atoms with Crippen molar-refractivity contribution in [3.05, 3.63) is 26.4 Å². The summed E-state index contributed by atoms with van der Waals surface area (Å²) in [6.07, 6.45) is 5.35. The smallest absolute Gasteiger partial charge is 0.270 e.